The fraction of sp³-hybridized carbons (Fsp3) is 0.364. The molecule has 88 valence electrons. The average molecular weight is 232 g/mol. The first-order chi connectivity index (χ1) is 8.15. The van der Waals surface area contributed by atoms with E-state index in [0.29, 0.717) is 23.1 Å². The van der Waals surface area contributed by atoms with Gasteiger partial charge in [0.2, 0.25) is 0 Å². The van der Waals surface area contributed by atoms with Crippen LogP contribution >= 0.6 is 0 Å². The summed E-state index contributed by atoms with van der Waals surface area (Å²) in [5.74, 6) is -0.316. The Morgan fingerprint density at radius 2 is 2.35 bits per heavy atom. The number of rotatable bonds is 3. The molecule has 6 heteroatoms. The number of fused-ring (bicyclic) bond motifs is 1. The standard InChI is InChI=1S/C11H12N4O2/c12-6-3-8-11(13-5-6)15(7-1-2-7)9(14-8)4-10(16)17/h3,5,7H,1-2,4,12H2,(H,16,17). The van der Waals surface area contributed by atoms with Crippen LogP contribution in [0.2, 0.25) is 0 Å². The normalized spacial score (nSPS) is 15.3. The lowest BCUT2D eigenvalue weighted by Gasteiger charge is -2.04. The van der Waals surface area contributed by atoms with Crippen LogP contribution in [0.4, 0.5) is 5.69 Å². The molecule has 0 aliphatic heterocycles. The van der Waals surface area contributed by atoms with E-state index in [-0.39, 0.29) is 6.42 Å². The monoisotopic (exact) mass is 232 g/mol. The Kier molecular flexibility index (Phi) is 2.04. The number of nitrogen functional groups attached to an aromatic ring is 1. The van der Waals surface area contributed by atoms with Gasteiger partial charge in [0, 0.05) is 6.04 Å². The summed E-state index contributed by atoms with van der Waals surface area (Å²) in [6.45, 7) is 0. The number of carbonyl (C=O) groups is 1. The number of carboxylic acids is 1. The van der Waals surface area contributed by atoms with Gasteiger partial charge in [0.05, 0.1) is 11.9 Å². The van der Waals surface area contributed by atoms with Crippen molar-refractivity contribution in [3.63, 3.8) is 0 Å². The van der Waals surface area contributed by atoms with Crippen molar-refractivity contribution in [1.29, 1.82) is 0 Å². The van der Waals surface area contributed by atoms with Crippen LogP contribution in [0.1, 0.15) is 24.7 Å². The number of pyridine rings is 1. The molecule has 0 unspecified atom stereocenters. The molecule has 0 saturated heterocycles. The highest BCUT2D eigenvalue weighted by molar-refractivity contribution is 5.77. The quantitative estimate of drug-likeness (QED) is 0.822. The molecular weight excluding hydrogens is 220 g/mol. The van der Waals surface area contributed by atoms with E-state index in [1.165, 1.54) is 0 Å². The van der Waals surface area contributed by atoms with Gasteiger partial charge in [0.25, 0.3) is 0 Å². The maximum absolute atomic E-state index is 10.8. The molecule has 0 bridgehead atoms. The van der Waals surface area contributed by atoms with Crippen LogP contribution in [-0.4, -0.2) is 25.6 Å². The number of nitrogens with two attached hydrogens (primary N) is 1. The zero-order chi connectivity index (χ0) is 12.0. The second-order valence-corrected chi connectivity index (χ2v) is 4.31. The van der Waals surface area contributed by atoms with Crippen LogP contribution in [0.25, 0.3) is 11.2 Å². The minimum Gasteiger partial charge on any atom is -0.481 e. The molecule has 1 aliphatic carbocycles. The van der Waals surface area contributed by atoms with Crippen molar-refractivity contribution >= 4 is 22.8 Å². The van der Waals surface area contributed by atoms with Gasteiger partial charge < -0.3 is 15.4 Å². The lowest BCUT2D eigenvalue weighted by molar-refractivity contribution is -0.136. The molecule has 0 amide bonds. The molecule has 2 heterocycles. The summed E-state index contributed by atoms with van der Waals surface area (Å²) in [4.78, 5) is 19.4. The van der Waals surface area contributed by atoms with E-state index in [4.69, 9.17) is 10.8 Å². The second kappa shape index (κ2) is 3.44. The summed E-state index contributed by atoms with van der Waals surface area (Å²) < 4.78 is 1.93. The molecule has 17 heavy (non-hydrogen) atoms. The van der Waals surface area contributed by atoms with Crippen LogP contribution in [0, 0.1) is 0 Å². The van der Waals surface area contributed by atoms with Gasteiger partial charge in [-0.3, -0.25) is 4.79 Å². The maximum atomic E-state index is 10.8. The number of carboxylic acid groups (broad SMARTS) is 1. The molecule has 1 saturated carbocycles. The second-order valence-electron chi connectivity index (χ2n) is 4.31. The summed E-state index contributed by atoms with van der Waals surface area (Å²) in [5.41, 5.74) is 7.60. The van der Waals surface area contributed by atoms with Crippen molar-refractivity contribution in [2.24, 2.45) is 0 Å². The Bertz CT molecular complexity index is 601. The number of nitrogens with zero attached hydrogens (tertiary/aromatic N) is 3. The van der Waals surface area contributed by atoms with E-state index in [1.54, 1.807) is 12.3 Å². The van der Waals surface area contributed by atoms with Gasteiger partial charge in [-0.05, 0) is 18.9 Å². The van der Waals surface area contributed by atoms with Gasteiger partial charge in [-0.15, -0.1) is 0 Å². The van der Waals surface area contributed by atoms with E-state index in [0.717, 1.165) is 18.5 Å². The third-order valence-electron chi connectivity index (χ3n) is 2.85. The largest absolute Gasteiger partial charge is 0.481 e. The third kappa shape index (κ3) is 1.71. The molecular formula is C11H12N4O2. The van der Waals surface area contributed by atoms with Crippen molar-refractivity contribution in [2.75, 3.05) is 5.73 Å². The smallest absolute Gasteiger partial charge is 0.311 e. The van der Waals surface area contributed by atoms with Crippen LogP contribution in [0.5, 0.6) is 0 Å². The van der Waals surface area contributed by atoms with Gasteiger partial charge in [-0.2, -0.15) is 0 Å². The van der Waals surface area contributed by atoms with E-state index in [1.807, 2.05) is 4.57 Å². The van der Waals surface area contributed by atoms with Gasteiger partial charge in [-0.25, -0.2) is 9.97 Å². The molecule has 1 fully saturated rings. The summed E-state index contributed by atoms with van der Waals surface area (Å²) in [7, 11) is 0. The first-order valence-corrected chi connectivity index (χ1v) is 5.49. The van der Waals surface area contributed by atoms with E-state index < -0.39 is 5.97 Å². The molecule has 3 rings (SSSR count). The molecule has 3 N–H and O–H groups in total. The molecule has 1 aliphatic rings. The van der Waals surface area contributed by atoms with Crippen LogP contribution in [0.15, 0.2) is 12.3 Å². The predicted molar refractivity (Wildman–Crippen MR) is 61.6 cm³/mol. The van der Waals surface area contributed by atoms with Gasteiger partial charge >= 0.3 is 5.97 Å². The third-order valence-corrected chi connectivity index (χ3v) is 2.85. The molecule has 6 nitrogen and oxygen atoms in total. The van der Waals surface area contributed by atoms with Gasteiger partial charge in [0.1, 0.15) is 17.8 Å². The summed E-state index contributed by atoms with van der Waals surface area (Å²) in [6.07, 6.45) is 3.62. The van der Waals surface area contributed by atoms with Crippen LogP contribution in [0.3, 0.4) is 0 Å². The number of hydrogen-bond donors (Lipinski definition) is 2. The zero-order valence-electron chi connectivity index (χ0n) is 9.13. The summed E-state index contributed by atoms with van der Waals surface area (Å²) in [6, 6.07) is 2.08. The number of hydrogen-bond acceptors (Lipinski definition) is 4. The lowest BCUT2D eigenvalue weighted by Crippen LogP contribution is -2.08. The van der Waals surface area contributed by atoms with E-state index >= 15 is 0 Å². The summed E-state index contributed by atoms with van der Waals surface area (Å²) in [5, 5.41) is 8.87. The van der Waals surface area contributed by atoms with Crippen molar-refractivity contribution in [3.8, 4) is 0 Å². The average Bonchev–Trinajstić information content (AvgIpc) is 3.00. The summed E-state index contributed by atoms with van der Waals surface area (Å²) >= 11 is 0. The molecule has 0 spiro atoms. The number of anilines is 1. The number of imidazole rings is 1. The predicted octanol–water partition coefficient (Wildman–Crippen LogP) is 0.976. The highest BCUT2D eigenvalue weighted by Gasteiger charge is 2.29. The molecule has 0 atom stereocenters. The molecule has 2 aromatic rings. The Labute approximate surface area is 97.1 Å². The van der Waals surface area contributed by atoms with Crippen molar-refractivity contribution in [3.05, 3.63) is 18.1 Å². The Morgan fingerprint density at radius 1 is 1.59 bits per heavy atom. The lowest BCUT2D eigenvalue weighted by atomic mass is 10.4. The number of aliphatic carboxylic acids is 1. The van der Waals surface area contributed by atoms with Gasteiger partial charge in [-0.1, -0.05) is 0 Å². The molecule has 0 radical (unpaired) electrons. The topological polar surface area (TPSA) is 94.0 Å². The van der Waals surface area contributed by atoms with Crippen LogP contribution in [-0.2, 0) is 11.2 Å². The first kappa shape index (κ1) is 10.1. The van der Waals surface area contributed by atoms with Crippen molar-refractivity contribution in [1.82, 2.24) is 14.5 Å². The van der Waals surface area contributed by atoms with E-state index in [9.17, 15) is 4.79 Å². The van der Waals surface area contributed by atoms with Gasteiger partial charge in [0.15, 0.2) is 5.65 Å². The first-order valence-electron chi connectivity index (χ1n) is 5.49. The highest BCUT2D eigenvalue weighted by Crippen LogP contribution is 2.38. The minimum atomic E-state index is -0.879. The van der Waals surface area contributed by atoms with Crippen molar-refractivity contribution < 1.29 is 9.90 Å². The fourth-order valence-corrected chi connectivity index (χ4v) is 2.02. The van der Waals surface area contributed by atoms with Crippen molar-refractivity contribution in [2.45, 2.75) is 25.3 Å². The number of aromatic nitrogens is 3. The minimum absolute atomic E-state index is 0.0766. The zero-order valence-corrected chi connectivity index (χ0v) is 9.13. The Balaban J connectivity index is 2.19. The SMILES string of the molecule is Nc1cnc2c(c1)nc(CC(=O)O)n2C1CC1. The Morgan fingerprint density at radius 3 is 3.00 bits per heavy atom. The Hall–Kier alpha value is -2.11. The van der Waals surface area contributed by atoms with Crippen LogP contribution < -0.4 is 5.73 Å². The maximum Gasteiger partial charge on any atom is 0.311 e. The van der Waals surface area contributed by atoms with E-state index in [2.05, 4.69) is 9.97 Å². The fourth-order valence-electron chi connectivity index (χ4n) is 2.02. The molecule has 2 aromatic heterocycles. The molecule has 0 aromatic carbocycles. The highest BCUT2D eigenvalue weighted by atomic mass is 16.4.